The van der Waals surface area contributed by atoms with E-state index in [1.54, 1.807) is 25.4 Å². The largest absolute Gasteiger partial charge is 0.497 e. The SMILES string of the molecule is COc1ccc2ncc(Cl)c(CCCC3CCCCN3CCCc3ccc(F)cc3)c2c1. The number of pyridine rings is 1. The van der Waals surface area contributed by atoms with Crippen molar-refractivity contribution in [3.05, 3.63) is 70.6 Å². The Morgan fingerprint density at radius 2 is 1.94 bits per heavy atom. The maximum absolute atomic E-state index is 13.1. The number of nitrogens with zero attached hydrogens (tertiary/aromatic N) is 2. The number of piperidine rings is 1. The van der Waals surface area contributed by atoms with Gasteiger partial charge in [-0.1, -0.05) is 30.2 Å². The Morgan fingerprint density at radius 1 is 1.09 bits per heavy atom. The van der Waals surface area contributed by atoms with E-state index in [2.05, 4.69) is 9.88 Å². The van der Waals surface area contributed by atoms with E-state index in [0.29, 0.717) is 6.04 Å². The minimum atomic E-state index is -0.162. The monoisotopic (exact) mass is 454 g/mol. The number of aryl methyl sites for hydroxylation is 2. The predicted molar refractivity (Wildman–Crippen MR) is 130 cm³/mol. The summed E-state index contributed by atoms with van der Waals surface area (Å²) in [5.41, 5.74) is 3.36. The van der Waals surface area contributed by atoms with Gasteiger partial charge in [-0.3, -0.25) is 4.98 Å². The van der Waals surface area contributed by atoms with Crippen molar-refractivity contribution in [3.63, 3.8) is 0 Å². The molecule has 3 nitrogen and oxygen atoms in total. The minimum absolute atomic E-state index is 0.162. The summed E-state index contributed by atoms with van der Waals surface area (Å²) in [5.74, 6) is 0.674. The van der Waals surface area contributed by atoms with Crippen LogP contribution in [0.25, 0.3) is 10.9 Å². The molecule has 0 radical (unpaired) electrons. The molecule has 1 atom stereocenters. The van der Waals surface area contributed by atoms with Crippen molar-refractivity contribution in [2.75, 3.05) is 20.2 Å². The van der Waals surface area contributed by atoms with Crippen molar-refractivity contribution in [2.45, 2.75) is 57.4 Å². The third-order valence-electron chi connectivity index (χ3n) is 6.67. The lowest BCUT2D eigenvalue weighted by Gasteiger charge is -2.36. The Balaban J connectivity index is 1.34. The van der Waals surface area contributed by atoms with Crippen molar-refractivity contribution in [1.82, 2.24) is 9.88 Å². The zero-order chi connectivity index (χ0) is 22.3. The highest BCUT2D eigenvalue weighted by Crippen LogP contribution is 2.30. The van der Waals surface area contributed by atoms with Crippen molar-refractivity contribution >= 4 is 22.5 Å². The first-order valence-electron chi connectivity index (χ1n) is 11.7. The van der Waals surface area contributed by atoms with Gasteiger partial charge in [-0.25, -0.2) is 4.39 Å². The van der Waals surface area contributed by atoms with E-state index >= 15 is 0 Å². The van der Waals surface area contributed by atoms with E-state index in [1.165, 1.54) is 43.4 Å². The lowest BCUT2D eigenvalue weighted by atomic mass is 9.94. The average molecular weight is 455 g/mol. The molecule has 0 bridgehead atoms. The summed E-state index contributed by atoms with van der Waals surface area (Å²) in [5, 5.41) is 1.84. The molecule has 1 aliphatic rings. The Labute approximate surface area is 195 Å². The number of methoxy groups -OCH3 is 1. The number of likely N-dealkylation sites (tertiary alicyclic amines) is 1. The summed E-state index contributed by atoms with van der Waals surface area (Å²) in [6.45, 7) is 2.29. The fourth-order valence-electron chi connectivity index (χ4n) is 4.92. The van der Waals surface area contributed by atoms with Gasteiger partial charge in [0.1, 0.15) is 11.6 Å². The van der Waals surface area contributed by atoms with Gasteiger partial charge in [0.15, 0.2) is 0 Å². The van der Waals surface area contributed by atoms with Crippen molar-refractivity contribution in [1.29, 1.82) is 0 Å². The highest BCUT2D eigenvalue weighted by atomic mass is 35.5. The molecule has 4 rings (SSSR count). The second kappa shape index (κ2) is 11.1. The quantitative estimate of drug-likeness (QED) is 0.353. The fourth-order valence-corrected chi connectivity index (χ4v) is 5.16. The summed E-state index contributed by atoms with van der Waals surface area (Å²) >= 11 is 6.55. The molecule has 1 unspecified atom stereocenters. The predicted octanol–water partition coefficient (Wildman–Crippen LogP) is 6.85. The molecule has 0 N–H and O–H groups in total. The van der Waals surface area contributed by atoms with E-state index < -0.39 is 0 Å². The Kier molecular flexibility index (Phi) is 7.99. The molecule has 0 spiro atoms. The first-order valence-corrected chi connectivity index (χ1v) is 12.1. The van der Waals surface area contributed by atoms with Crippen LogP contribution in [-0.2, 0) is 12.8 Å². The molecule has 1 aromatic heterocycles. The molecule has 3 aromatic rings. The van der Waals surface area contributed by atoms with Crippen molar-refractivity contribution < 1.29 is 9.13 Å². The molecule has 0 aliphatic carbocycles. The first-order chi connectivity index (χ1) is 15.6. The zero-order valence-corrected chi connectivity index (χ0v) is 19.6. The normalized spacial score (nSPS) is 17.0. The van der Waals surface area contributed by atoms with Gasteiger partial charge in [-0.05, 0) is 99.5 Å². The number of aromatic nitrogens is 1. The number of benzene rings is 2. The van der Waals surface area contributed by atoms with Crippen LogP contribution in [0.4, 0.5) is 4.39 Å². The zero-order valence-electron chi connectivity index (χ0n) is 18.8. The maximum atomic E-state index is 13.1. The molecular weight excluding hydrogens is 423 g/mol. The van der Waals surface area contributed by atoms with Crippen LogP contribution >= 0.6 is 11.6 Å². The number of fused-ring (bicyclic) bond motifs is 1. The van der Waals surface area contributed by atoms with Crippen LogP contribution < -0.4 is 4.74 Å². The molecule has 32 heavy (non-hydrogen) atoms. The van der Waals surface area contributed by atoms with E-state index in [4.69, 9.17) is 16.3 Å². The molecule has 2 heterocycles. The van der Waals surface area contributed by atoms with Gasteiger partial charge in [-0.2, -0.15) is 0 Å². The fraction of sp³-hybridized carbons (Fsp3) is 0.444. The van der Waals surface area contributed by atoms with Crippen LogP contribution in [-0.4, -0.2) is 36.1 Å². The van der Waals surface area contributed by atoms with Crippen molar-refractivity contribution in [2.24, 2.45) is 0 Å². The van der Waals surface area contributed by atoms with Crippen LogP contribution in [0.2, 0.25) is 5.02 Å². The summed E-state index contributed by atoms with van der Waals surface area (Å²) < 4.78 is 18.5. The lowest BCUT2D eigenvalue weighted by molar-refractivity contribution is 0.137. The summed E-state index contributed by atoms with van der Waals surface area (Å²) in [4.78, 5) is 7.14. The van der Waals surface area contributed by atoms with Crippen LogP contribution in [0.5, 0.6) is 5.75 Å². The van der Waals surface area contributed by atoms with Crippen LogP contribution in [0.15, 0.2) is 48.7 Å². The third-order valence-corrected chi connectivity index (χ3v) is 7.00. The standard InChI is InChI=1S/C27H32ClFN2O/c1-32-23-14-15-27-25(18-23)24(26(28)19-30-27)9-4-8-22-7-2-3-16-31(22)17-5-6-20-10-12-21(29)13-11-20/h10-15,18-19,22H,2-9,16-17H2,1H3. The molecule has 1 aliphatic heterocycles. The van der Waals surface area contributed by atoms with Gasteiger partial charge in [0, 0.05) is 17.6 Å². The summed E-state index contributed by atoms with van der Waals surface area (Å²) in [6, 6.07) is 13.5. The van der Waals surface area contributed by atoms with Gasteiger partial charge >= 0.3 is 0 Å². The average Bonchev–Trinajstić information content (AvgIpc) is 2.82. The molecule has 1 fully saturated rings. The summed E-state index contributed by atoms with van der Waals surface area (Å²) in [6.07, 6.45) is 11.0. The van der Waals surface area contributed by atoms with Gasteiger partial charge < -0.3 is 9.64 Å². The minimum Gasteiger partial charge on any atom is -0.497 e. The number of ether oxygens (including phenoxy) is 1. The van der Waals surface area contributed by atoms with Crippen LogP contribution in [0.3, 0.4) is 0 Å². The second-order valence-electron chi connectivity index (χ2n) is 8.78. The van der Waals surface area contributed by atoms with Gasteiger partial charge in [0.2, 0.25) is 0 Å². The number of rotatable bonds is 9. The highest BCUT2D eigenvalue weighted by Gasteiger charge is 2.22. The maximum Gasteiger partial charge on any atom is 0.123 e. The Hall–Kier alpha value is -2.17. The van der Waals surface area contributed by atoms with Crippen molar-refractivity contribution in [3.8, 4) is 5.75 Å². The lowest BCUT2D eigenvalue weighted by Crippen LogP contribution is -2.40. The number of hydrogen-bond donors (Lipinski definition) is 0. The van der Waals surface area contributed by atoms with Gasteiger partial charge in [0.05, 0.1) is 17.6 Å². The van der Waals surface area contributed by atoms with E-state index in [-0.39, 0.29) is 5.82 Å². The second-order valence-corrected chi connectivity index (χ2v) is 9.18. The molecule has 0 amide bonds. The van der Waals surface area contributed by atoms with Gasteiger partial charge in [0.25, 0.3) is 0 Å². The molecule has 5 heteroatoms. The summed E-state index contributed by atoms with van der Waals surface area (Å²) in [7, 11) is 1.69. The molecule has 0 saturated carbocycles. The van der Waals surface area contributed by atoms with E-state index in [1.807, 2.05) is 30.3 Å². The topological polar surface area (TPSA) is 25.4 Å². The highest BCUT2D eigenvalue weighted by molar-refractivity contribution is 6.32. The Bertz CT molecular complexity index is 1020. The Morgan fingerprint density at radius 3 is 2.75 bits per heavy atom. The molecule has 1 saturated heterocycles. The molecular formula is C27H32ClFN2O. The number of hydrogen-bond acceptors (Lipinski definition) is 3. The van der Waals surface area contributed by atoms with E-state index in [9.17, 15) is 4.39 Å². The van der Waals surface area contributed by atoms with E-state index in [0.717, 1.165) is 53.9 Å². The number of halogens is 2. The smallest absolute Gasteiger partial charge is 0.123 e. The van der Waals surface area contributed by atoms with Crippen LogP contribution in [0.1, 0.15) is 49.7 Å². The molecule has 2 aromatic carbocycles. The van der Waals surface area contributed by atoms with Gasteiger partial charge in [-0.15, -0.1) is 0 Å². The molecule has 170 valence electrons. The van der Waals surface area contributed by atoms with Crippen LogP contribution in [0, 0.1) is 5.82 Å². The first kappa shape index (κ1) is 23.0. The third kappa shape index (κ3) is 5.79.